The first-order valence-electron chi connectivity index (χ1n) is 9.62. The lowest BCUT2D eigenvalue weighted by Crippen LogP contribution is -2.36. The maximum Gasteiger partial charge on any atom is 0.229 e. The Morgan fingerprint density at radius 3 is 2.59 bits per heavy atom. The molecule has 1 aliphatic carbocycles. The molecule has 0 spiro atoms. The van der Waals surface area contributed by atoms with Gasteiger partial charge in [0.05, 0.1) is 17.7 Å². The van der Waals surface area contributed by atoms with Gasteiger partial charge in [-0.05, 0) is 53.0 Å². The van der Waals surface area contributed by atoms with E-state index in [0.717, 1.165) is 50.7 Å². The van der Waals surface area contributed by atoms with Gasteiger partial charge in [-0.2, -0.15) is 14.6 Å². The third-order valence-electron chi connectivity index (χ3n) is 5.02. The predicted octanol–water partition coefficient (Wildman–Crippen LogP) is 2.86. The summed E-state index contributed by atoms with van der Waals surface area (Å²) in [6, 6.07) is 8.21. The fourth-order valence-electron chi connectivity index (χ4n) is 3.28. The molecule has 150 valence electrons. The van der Waals surface area contributed by atoms with Crippen molar-refractivity contribution in [1.82, 2.24) is 24.7 Å². The van der Waals surface area contributed by atoms with E-state index in [0.29, 0.717) is 28.1 Å². The van der Waals surface area contributed by atoms with Crippen molar-refractivity contribution in [1.29, 1.82) is 0 Å². The molecule has 2 fully saturated rings. The van der Waals surface area contributed by atoms with Crippen molar-refractivity contribution < 1.29 is 4.74 Å². The van der Waals surface area contributed by atoms with Crippen molar-refractivity contribution in [3.05, 3.63) is 40.8 Å². The zero-order valence-electron chi connectivity index (χ0n) is 15.8. The number of morpholine rings is 1. The molecule has 0 radical (unpaired) electrons. The number of aromatic nitrogens is 5. The highest BCUT2D eigenvalue weighted by Crippen LogP contribution is 2.38. The highest BCUT2D eigenvalue weighted by molar-refractivity contribution is 9.10. The Balaban J connectivity index is 1.36. The van der Waals surface area contributed by atoms with E-state index in [1.54, 1.807) is 10.9 Å². The van der Waals surface area contributed by atoms with Crippen molar-refractivity contribution in [2.24, 2.45) is 0 Å². The summed E-state index contributed by atoms with van der Waals surface area (Å²) in [5.41, 5.74) is 8.16. The van der Waals surface area contributed by atoms with E-state index in [1.807, 2.05) is 12.1 Å². The van der Waals surface area contributed by atoms with Crippen molar-refractivity contribution >= 4 is 39.2 Å². The Morgan fingerprint density at radius 1 is 1.10 bits per heavy atom. The molecule has 1 saturated carbocycles. The SMILES string of the molecule is Nc1nc(C2CC2)nn1-c1nc(Nc2ccc(N3CCOCC3)cc2)ncc1Br. The van der Waals surface area contributed by atoms with Gasteiger partial charge in [-0.3, -0.25) is 0 Å². The molecule has 2 aromatic heterocycles. The molecule has 1 aromatic carbocycles. The molecular formula is C19H21BrN8O. The fourth-order valence-corrected chi connectivity index (χ4v) is 3.64. The number of hydrogen-bond acceptors (Lipinski definition) is 8. The van der Waals surface area contributed by atoms with E-state index >= 15 is 0 Å². The summed E-state index contributed by atoms with van der Waals surface area (Å²) in [6.07, 6.45) is 3.91. The molecular weight excluding hydrogens is 436 g/mol. The third kappa shape index (κ3) is 3.90. The molecule has 3 N–H and O–H groups in total. The molecule has 0 unspecified atom stereocenters. The zero-order valence-corrected chi connectivity index (χ0v) is 17.3. The van der Waals surface area contributed by atoms with Gasteiger partial charge in [-0.25, -0.2) is 4.98 Å². The maximum absolute atomic E-state index is 6.07. The molecule has 1 saturated heterocycles. The van der Waals surface area contributed by atoms with Crippen LogP contribution in [0.1, 0.15) is 24.6 Å². The van der Waals surface area contributed by atoms with E-state index in [-0.39, 0.29) is 0 Å². The average molecular weight is 457 g/mol. The number of nitrogens with two attached hydrogens (primary N) is 1. The smallest absolute Gasteiger partial charge is 0.229 e. The van der Waals surface area contributed by atoms with Crippen LogP contribution in [0.4, 0.5) is 23.3 Å². The molecule has 1 aliphatic heterocycles. The predicted molar refractivity (Wildman–Crippen MR) is 114 cm³/mol. The molecule has 0 atom stereocenters. The van der Waals surface area contributed by atoms with Crippen LogP contribution in [0.25, 0.3) is 5.82 Å². The van der Waals surface area contributed by atoms with Crippen LogP contribution in [0.5, 0.6) is 0 Å². The summed E-state index contributed by atoms with van der Waals surface area (Å²) >= 11 is 3.49. The molecule has 3 heterocycles. The Labute approximate surface area is 176 Å². The van der Waals surface area contributed by atoms with Crippen LogP contribution < -0.4 is 16.0 Å². The van der Waals surface area contributed by atoms with Crippen LogP contribution in [-0.4, -0.2) is 51.0 Å². The van der Waals surface area contributed by atoms with E-state index in [4.69, 9.17) is 10.5 Å². The Hall–Kier alpha value is -2.72. The number of nitrogens with zero attached hydrogens (tertiary/aromatic N) is 6. The number of nitrogens with one attached hydrogen (secondary N) is 1. The van der Waals surface area contributed by atoms with Gasteiger partial charge in [0, 0.05) is 36.6 Å². The topological polar surface area (TPSA) is 107 Å². The lowest BCUT2D eigenvalue weighted by atomic mass is 10.2. The standard InChI is InChI=1S/C19H21BrN8O/c20-15-11-22-19(25-17(15)28-18(21)24-16(26-28)12-1-2-12)23-13-3-5-14(6-4-13)27-7-9-29-10-8-27/h3-6,11-12H,1-2,7-10H2,(H2,21,24,26)(H,22,23,25). The second-order valence-corrected chi connectivity index (χ2v) is 8.01. The first-order chi connectivity index (χ1) is 14.2. The molecule has 10 heteroatoms. The van der Waals surface area contributed by atoms with Crippen LogP contribution in [-0.2, 0) is 4.74 Å². The molecule has 5 rings (SSSR count). The van der Waals surface area contributed by atoms with Gasteiger partial charge in [-0.1, -0.05) is 0 Å². The highest BCUT2D eigenvalue weighted by atomic mass is 79.9. The van der Waals surface area contributed by atoms with Gasteiger partial charge in [0.2, 0.25) is 11.9 Å². The fraction of sp³-hybridized carbons (Fsp3) is 0.368. The molecule has 0 bridgehead atoms. The summed E-state index contributed by atoms with van der Waals surface area (Å²) < 4.78 is 7.67. The lowest BCUT2D eigenvalue weighted by Gasteiger charge is -2.28. The number of nitrogen functional groups attached to an aromatic ring is 1. The Morgan fingerprint density at radius 2 is 1.86 bits per heavy atom. The number of anilines is 4. The van der Waals surface area contributed by atoms with Crippen LogP contribution >= 0.6 is 15.9 Å². The van der Waals surface area contributed by atoms with Gasteiger partial charge < -0.3 is 20.7 Å². The minimum absolute atomic E-state index is 0.326. The molecule has 9 nitrogen and oxygen atoms in total. The van der Waals surface area contributed by atoms with Gasteiger partial charge in [0.15, 0.2) is 11.6 Å². The second-order valence-electron chi connectivity index (χ2n) is 7.15. The number of ether oxygens (including phenoxy) is 1. The summed E-state index contributed by atoms with van der Waals surface area (Å²) in [4.78, 5) is 15.6. The number of hydrogen-bond donors (Lipinski definition) is 2. The maximum atomic E-state index is 6.07. The van der Waals surface area contributed by atoms with Gasteiger partial charge in [-0.15, -0.1) is 5.10 Å². The minimum atomic E-state index is 0.326. The number of rotatable bonds is 5. The summed E-state index contributed by atoms with van der Waals surface area (Å²) in [5, 5.41) is 7.78. The van der Waals surface area contributed by atoms with Gasteiger partial charge >= 0.3 is 0 Å². The largest absolute Gasteiger partial charge is 0.378 e. The second kappa shape index (κ2) is 7.60. The minimum Gasteiger partial charge on any atom is -0.378 e. The normalized spacial score (nSPS) is 16.8. The molecule has 2 aliphatic rings. The van der Waals surface area contributed by atoms with Gasteiger partial charge in [0.1, 0.15) is 0 Å². The molecule has 3 aromatic rings. The van der Waals surface area contributed by atoms with Crippen LogP contribution in [0.3, 0.4) is 0 Å². The lowest BCUT2D eigenvalue weighted by molar-refractivity contribution is 0.122. The van der Waals surface area contributed by atoms with Crippen LogP contribution in [0.15, 0.2) is 34.9 Å². The summed E-state index contributed by atoms with van der Waals surface area (Å²) in [5.74, 6) is 2.55. The van der Waals surface area contributed by atoms with Crippen molar-refractivity contribution in [3.8, 4) is 5.82 Å². The zero-order chi connectivity index (χ0) is 19.8. The quantitative estimate of drug-likeness (QED) is 0.603. The Kier molecular flexibility index (Phi) is 4.80. The molecule has 0 amide bonds. The van der Waals surface area contributed by atoms with E-state index in [2.05, 4.69) is 58.3 Å². The highest BCUT2D eigenvalue weighted by Gasteiger charge is 2.29. The monoisotopic (exact) mass is 456 g/mol. The van der Waals surface area contributed by atoms with Crippen molar-refractivity contribution in [2.45, 2.75) is 18.8 Å². The summed E-state index contributed by atoms with van der Waals surface area (Å²) in [6.45, 7) is 3.36. The number of benzene rings is 1. The van der Waals surface area contributed by atoms with E-state index in [9.17, 15) is 0 Å². The Bertz CT molecular complexity index is 1010. The van der Waals surface area contributed by atoms with Crippen molar-refractivity contribution in [3.63, 3.8) is 0 Å². The first-order valence-corrected chi connectivity index (χ1v) is 10.4. The van der Waals surface area contributed by atoms with Crippen molar-refractivity contribution in [2.75, 3.05) is 42.3 Å². The van der Waals surface area contributed by atoms with E-state index in [1.165, 1.54) is 5.69 Å². The van der Waals surface area contributed by atoms with Gasteiger partial charge in [0.25, 0.3) is 0 Å². The van der Waals surface area contributed by atoms with Crippen LogP contribution in [0, 0.1) is 0 Å². The number of halogens is 1. The van der Waals surface area contributed by atoms with E-state index < -0.39 is 0 Å². The van der Waals surface area contributed by atoms with Crippen LogP contribution in [0.2, 0.25) is 0 Å². The molecule has 29 heavy (non-hydrogen) atoms. The first kappa shape index (κ1) is 18.3. The average Bonchev–Trinajstić information content (AvgIpc) is 3.53. The third-order valence-corrected chi connectivity index (χ3v) is 5.58. The summed E-state index contributed by atoms with van der Waals surface area (Å²) in [7, 11) is 0.